The van der Waals surface area contributed by atoms with Crippen LogP contribution in [-0.4, -0.2) is 50.3 Å². The van der Waals surface area contributed by atoms with Gasteiger partial charge in [0.05, 0.1) is 12.2 Å². The van der Waals surface area contributed by atoms with E-state index in [1.807, 2.05) is 6.08 Å². The molecule has 218 valence electrons. The van der Waals surface area contributed by atoms with Gasteiger partial charge in [-0.25, -0.2) is 0 Å². The molecule has 38 heavy (non-hydrogen) atoms. The van der Waals surface area contributed by atoms with Crippen LogP contribution in [0.1, 0.15) is 105 Å². The first-order valence-electron chi connectivity index (χ1n) is 15.0. The number of carboxylic acid groups (broad SMARTS) is 1. The Hall–Kier alpha value is -1.28. The van der Waals surface area contributed by atoms with Crippen LogP contribution in [-0.2, 0) is 23.5 Å². The summed E-state index contributed by atoms with van der Waals surface area (Å²) < 4.78 is 19.1. The first-order chi connectivity index (χ1) is 17.9. The molecule has 0 radical (unpaired) electrons. The van der Waals surface area contributed by atoms with Gasteiger partial charge in [0, 0.05) is 31.3 Å². The minimum Gasteiger partial charge on any atom is -0.481 e. The first-order valence-corrected chi connectivity index (χ1v) is 17.9. The van der Waals surface area contributed by atoms with E-state index in [9.17, 15) is 9.59 Å². The van der Waals surface area contributed by atoms with E-state index in [1.54, 1.807) is 0 Å². The van der Waals surface area contributed by atoms with Crippen LogP contribution < -0.4 is 0 Å². The largest absolute Gasteiger partial charge is 0.481 e. The fourth-order valence-electron chi connectivity index (χ4n) is 4.98. The standard InChI is InChI=1S/C31H54O6Si/c1-7-8-11-16-24(36-30-19-14-15-22-35-30)20-21-26-25(17-12-9-10-13-18-29(33)34)27(32)23-28(26)37-38(5,6)31(2,3)4/h9,12,20-21,24-26,28,30H,7-8,10-11,13-19,22-23H2,1-6H3,(H,33,34)/t24?,25-,26-,28-,30?/m1/s1. The maximum absolute atomic E-state index is 13.3. The third-order valence-corrected chi connectivity index (χ3v) is 12.9. The number of unbranched alkanes of at least 4 members (excludes halogenated alkanes) is 3. The normalized spacial score (nSPS) is 26.0. The first kappa shape index (κ1) is 32.9. The molecule has 7 heteroatoms. The highest BCUT2D eigenvalue weighted by Gasteiger charge is 2.46. The number of rotatable bonds is 16. The van der Waals surface area contributed by atoms with Crippen LogP contribution in [0.2, 0.25) is 18.1 Å². The van der Waals surface area contributed by atoms with Crippen LogP contribution in [0.3, 0.4) is 0 Å². The third-order valence-electron chi connectivity index (χ3n) is 8.38. The van der Waals surface area contributed by atoms with E-state index in [4.69, 9.17) is 19.0 Å². The molecule has 2 rings (SSSR count). The molecule has 1 aliphatic carbocycles. The fourth-order valence-corrected chi connectivity index (χ4v) is 6.34. The number of carboxylic acids is 1. The minimum absolute atomic E-state index is 0.00449. The Labute approximate surface area is 232 Å². The lowest BCUT2D eigenvalue weighted by Gasteiger charge is -2.39. The lowest BCUT2D eigenvalue weighted by molar-refractivity contribution is -0.179. The van der Waals surface area contributed by atoms with E-state index in [-0.39, 0.29) is 47.6 Å². The number of hydrogen-bond donors (Lipinski definition) is 1. The van der Waals surface area contributed by atoms with Crippen LogP contribution in [0, 0.1) is 11.8 Å². The van der Waals surface area contributed by atoms with Gasteiger partial charge in [0.1, 0.15) is 5.78 Å². The summed E-state index contributed by atoms with van der Waals surface area (Å²) in [5.74, 6) is -0.629. The number of carbonyl (C=O) groups excluding carboxylic acids is 1. The number of carbonyl (C=O) groups is 2. The van der Waals surface area contributed by atoms with E-state index in [2.05, 4.69) is 59.0 Å². The average Bonchev–Trinajstić information content (AvgIpc) is 3.12. The molecular weight excluding hydrogens is 496 g/mol. The fraction of sp³-hybridized carbons (Fsp3) is 0.806. The zero-order chi connectivity index (χ0) is 28.2. The predicted molar refractivity (Wildman–Crippen MR) is 156 cm³/mol. The Balaban J connectivity index is 2.19. The van der Waals surface area contributed by atoms with E-state index in [1.165, 1.54) is 6.42 Å². The Morgan fingerprint density at radius 2 is 1.95 bits per heavy atom. The van der Waals surface area contributed by atoms with Crippen molar-refractivity contribution in [2.24, 2.45) is 11.8 Å². The van der Waals surface area contributed by atoms with Crippen molar-refractivity contribution in [3.63, 3.8) is 0 Å². The summed E-state index contributed by atoms with van der Waals surface area (Å²) in [6.07, 6.45) is 18.4. The van der Waals surface area contributed by atoms with E-state index in [0.29, 0.717) is 25.7 Å². The van der Waals surface area contributed by atoms with Crippen molar-refractivity contribution in [2.75, 3.05) is 6.61 Å². The second-order valence-corrected chi connectivity index (χ2v) is 17.4. The van der Waals surface area contributed by atoms with E-state index in [0.717, 1.165) is 45.1 Å². The van der Waals surface area contributed by atoms with Gasteiger partial charge in [0.2, 0.25) is 0 Å². The molecule has 0 aromatic carbocycles. The lowest BCUT2D eigenvalue weighted by Crippen LogP contribution is -2.45. The summed E-state index contributed by atoms with van der Waals surface area (Å²) in [6, 6.07) is 0. The van der Waals surface area contributed by atoms with Crippen molar-refractivity contribution in [3.05, 3.63) is 24.3 Å². The second kappa shape index (κ2) is 16.1. The molecule has 2 fully saturated rings. The highest BCUT2D eigenvalue weighted by atomic mass is 28.4. The molecule has 2 aliphatic rings. The number of allylic oxidation sites excluding steroid dienone is 2. The highest BCUT2D eigenvalue weighted by Crippen LogP contribution is 2.43. The number of aliphatic carboxylic acids is 1. The molecule has 0 spiro atoms. The number of ketones is 1. The van der Waals surface area contributed by atoms with Gasteiger partial charge in [-0.2, -0.15) is 0 Å². The molecule has 0 aromatic rings. The number of ether oxygens (including phenoxy) is 2. The summed E-state index contributed by atoms with van der Waals surface area (Å²) in [5.41, 5.74) is 0. The number of Topliss-reactive ketones (excluding diaryl/α,β-unsaturated/α-hetero) is 1. The summed E-state index contributed by atoms with van der Waals surface area (Å²) >= 11 is 0. The van der Waals surface area contributed by atoms with E-state index < -0.39 is 14.3 Å². The van der Waals surface area contributed by atoms with Crippen LogP contribution in [0.25, 0.3) is 0 Å². The molecule has 0 bridgehead atoms. The van der Waals surface area contributed by atoms with Gasteiger partial charge in [-0.1, -0.05) is 71.3 Å². The van der Waals surface area contributed by atoms with Crippen molar-refractivity contribution < 1.29 is 28.6 Å². The molecule has 1 saturated heterocycles. The Morgan fingerprint density at radius 1 is 1.18 bits per heavy atom. The molecule has 5 atom stereocenters. The van der Waals surface area contributed by atoms with Crippen molar-refractivity contribution in [3.8, 4) is 0 Å². The molecule has 1 saturated carbocycles. The zero-order valence-electron chi connectivity index (χ0n) is 24.9. The maximum Gasteiger partial charge on any atom is 0.303 e. The van der Waals surface area contributed by atoms with Gasteiger partial charge in [-0.15, -0.1) is 0 Å². The summed E-state index contributed by atoms with van der Waals surface area (Å²) in [5, 5.41) is 8.93. The van der Waals surface area contributed by atoms with Crippen LogP contribution in [0.4, 0.5) is 0 Å². The van der Waals surface area contributed by atoms with Crippen LogP contribution in [0.15, 0.2) is 24.3 Å². The summed E-state index contributed by atoms with van der Waals surface area (Å²) in [7, 11) is -2.06. The molecule has 0 aromatic heterocycles. The maximum atomic E-state index is 13.3. The minimum atomic E-state index is -2.06. The van der Waals surface area contributed by atoms with Crippen LogP contribution >= 0.6 is 0 Å². The van der Waals surface area contributed by atoms with Crippen LogP contribution in [0.5, 0.6) is 0 Å². The molecule has 1 heterocycles. The molecule has 1 aliphatic heterocycles. The Kier molecular flexibility index (Phi) is 13.9. The third kappa shape index (κ3) is 11.1. The monoisotopic (exact) mass is 550 g/mol. The van der Waals surface area contributed by atoms with Crippen molar-refractivity contribution in [1.82, 2.24) is 0 Å². The predicted octanol–water partition coefficient (Wildman–Crippen LogP) is 7.83. The summed E-state index contributed by atoms with van der Waals surface area (Å²) in [6.45, 7) is 14.2. The molecular formula is C31H54O6Si. The smallest absolute Gasteiger partial charge is 0.303 e. The molecule has 2 unspecified atom stereocenters. The lowest BCUT2D eigenvalue weighted by atomic mass is 9.90. The van der Waals surface area contributed by atoms with Gasteiger partial charge in [0.15, 0.2) is 14.6 Å². The summed E-state index contributed by atoms with van der Waals surface area (Å²) in [4.78, 5) is 24.0. The zero-order valence-corrected chi connectivity index (χ0v) is 25.9. The van der Waals surface area contributed by atoms with Gasteiger partial charge in [-0.05, 0) is 63.1 Å². The van der Waals surface area contributed by atoms with Crippen molar-refractivity contribution in [2.45, 2.75) is 141 Å². The Morgan fingerprint density at radius 3 is 2.58 bits per heavy atom. The molecule has 6 nitrogen and oxygen atoms in total. The van der Waals surface area contributed by atoms with E-state index >= 15 is 0 Å². The van der Waals surface area contributed by atoms with Gasteiger partial charge in [-0.3, -0.25) is 9.59 Å². The van der Waals surface area contributed by atoms with Crippen molar-refractivity contribution in [1.29, 1.82) is 0 Å². The second-order valence-electron chi connectivity index (χ2n) is 12.6. The van der Waals surface area contributed by atoms with Gasteiger partial charge >= 0.3 is 5.97 Å². The molecule has 0 amide bonds. The molecule has 1 N–H and O–H groups in total. The SMILES string of the molecule is CCCCCC(C=C[C@H]1[C@H](O[Si](C)(C)C(C)(C)C)CC(=O)[C@@H]1CC=CCCCC(=O)O)OC1CCCCO1. The van der Waals surface area contributed by atoms with Gasteiger partial charge in [0.25, 0.3) is 0 Å². The highest BCUT2D eigenvalue weighted by molar-refractivity contribution is 6.74. The van der Waals surface area contributed by atoms with Crippen molar-refractivity contribution >= 4 is 20.1 Å². The van der Waals surface area contributed by atoms with Gasteiger partial charge < -0.3 is 19.0 Å². The number of hydrogen-bond acceptors (Lipinski definition) is 5. The Bertz CT molecular complexity index is 778. The topological polar surface area (TPSA) is 82.1 Å². The quantitative estimate of drug-likeness (QED) is 0.120. The average molecular weight is 551 g/mol.